The SMILES string of the molecule is O=S(=O)(F)c1ccc2c(c1S(=O)(=O)F)Cc1ccccc1-2. The molecule has 0 spiro atoms. The van der Waals surface area contributed by atoms with E-state index in [1.54, 1.807) is 24.3 Å². The first-order valence-corrected chi connectivity index (χ1v) is 8.60. The van der Waals surface area contributed by atoms with Gasteiger partial charge in [0.05, 0.1) is 0 Å². The fourth-order valence-corrected chi connectivity index (χ4v) is 4.58. The van der Waals surface area contributed by atoms with Crippen molar-refractivity contribution in [2.75, 3.05) is 0 Å². The molecule has 0 saturated heterocycles. The van der Waals surface area contributed by atoms with Gasteiger partial charge in [-0.15, -0.1) is 7.77 Å². The molecule has 1 aliphatic rings. The third-order valence-corrected chi connectivity index (χ3v) is 5.35. The smallest absolute Gasteiger partial charge is 0.189 e. The molecule has 0 aromatic heterocycles. The van der Waals surface area contributed by atoms with Crippen LogP contribution in [-0.4, -0.2) is 16.8 Å². The van der Waals surface area contributed by atoms with Gasteiger partial charge >= 0.3 is 20.4 Å². The Bertz CT molecular complexity index is 964. The number of benzene rings is 2. The lowest BCUT2D eigenvalue weighted by Gasteiger charge is -2.08. The van der Waals surface area contributed by atoms with Gasteiger partial charge < -0.3 is 0 Å². The van der Waals surface area contributed by atoms with Crippen molar-refractivity contribution in [3.05, 3.63) is 47.5 Å². The summed E-state index contributed by atoms with van der Waals surface area (Å²) in [5, 5.41) is 0. The molecule has 0 radical (unpaired) electrons. The summed E-state index contributed by atoms with van der Waals surface area (Å²) in [6.07, 6.45) is 0.0351. The van der Waals surface area contributed by atoms with Crippen molar-refractivity contribution >= 4 is 20.4 Å². The molecule has 0 bridgehead atoms. The van der Waals surface area contributed by atoms with Crippen LogP contribution in [0.1, 0.15) is 11.1 Å². The molecule has 0 saturated carbocycles. The van der Waals surface area contributed by atoms with Gasteiger partial charge in [0.15, 0.2) is 0 Å². The van der Waals surface area contributed by atoms with E-state index in [1.165, 1.54) is 6.07 Å². The lowest BCUT2D eigenvalue weighted by Crippen LogP contribution is -2.06. The van der Waals surface area contributed by atoms with Gasteiger partial charge in [0.25, 0.3) is 0 Å². The molecule has 0 fully saturated rings. The molecule has 0 N–H and O–H groups in total. The second-order valence-electron chi connectivity index (χ2n) is 4.63. The van der Waals surface area contributed by atoms with Crippen LogP contribution < -0.4 is 0 Å². The maximum atomic E-state index is 13.5. The van der Waals surface area contributed by atoms with Crippen molar-refractivity contribution < 1.29 is 24.6 Å². The zero-order valence-electron chi connectivity index (χ0n) is 10.4. The fraction of sp³-hybridized carbons (Fsp3) is 0.0769. The summed E-state index contributed by atoms with van der Waals surface area (Å²) in [6.45, 7) is 0. The van der Waals surface area contributed by atoms with Crippen molar-refractivity contribution in [2.24, 2.45) is 0 Å². The Hall–Kier alpha value is -1.80. The van der Waals surface area contributed by atoms with Crippen LogP contribution in [0, 0.1) is 0 Å². The van der Waals surface area contributed by atoms with Crippen molar-refractivity contribution in [2.45, 2.75) is 16.2 Å². The van der Waals surface area contributed by atoms with Gasteiger partial charge in [-0.3, -0.25) is 0 Å². The minimum absolute atomic E-state index is 0.0302. The van der Waals surface area contributed by atoms with Crippen molar-refractivity contribution in [3.63, 3.8) is 0 Å². The molecule has 0 heterocycles. The molecular weight excluding hydrogens is 322 g/mol. The second-order valence-corrected chi connectivity index (χ2v) is 7.23. The number of hydrogen-bond donors (Lipinski definition) is 0. The molecule has 0 unspecified atom stereocenters. The molecule has 8 heteroatoms. The van der Waals surface area contributed by atoms with Gasteiger partial charge in [-0.2, -0.15) is 16.8 Å². The Kier molecular flexibility index (Phi) is 2.93. The van der Waals surface area contributed by atoms with E-state index >= 15 is 0 Å². The summed E-state index contributed by atoms with van der Waals surface area (Å²) >= 11 is 0. The van der Waals surface area contributed by atoms with Gasteiger partial charge in [0.1, 0.15) is 9.79 Å². The Balaban J connectivity index is 2.43. The Morgan fingerprint density at radius 1 is 0.810 bits per heavy atom. The average molecular weight is 330 g/mol. The lowest BCUT2D eigenvalue weighted by molar-refractivity contribution is 0.534. The number of fused-ring (bicyclic) bond motifs is 3. The Labute approximate surface area is 120 Å². The van der Waals surface area contributed by atoms with E-state index in [0.717, 1.165) is 11.6 Å². The highest BCUT2D eigenvalue weighted by Gasteiger charge is 2.34. The summed E-state index contributed by atoms with van der Waals surface area (Å²) in [4.78, 5) is -2.25. The van der Waals surface area contributed by atoms with Crippen molar-refractivity contribution in [3.8, 4) is 11.1 Å². The highest BCUT2D eigenvalue weighted by atomic mass is 32.3. The molecule has 21 heavy (non-hydrogen) atoms. The van der Waals surface area contributed by atoms with E-state index in [2.05, 4.69) is 0 Å². The zero-order valence-corrected chi connectivity index (χ0v) is 12.0. The molecule has 3 rings (SSSR count). The van der Waals surface area contributed by atoms with Crippen LogP contribution >= 0.6 is 0 Å². The minimum atomic E-state index is -5.38. The maximum absolute atomic E-state index is 13.5. The van der Waals surface area contributed by atoms with Gasteiger partial charge in [-0.1, -0.05) is 30.3 Å². The monoisotopic (exact) mass is 330 g/mol. The van der Waals surface area contributed by atoms with E-state index in [1.807, 2.05) is 0 Å². The second kappa shape index (κ2) is 4.35. The minimum Gasteiger partial charge on any atom is -0.189 e. The predicted molar refractivity (Wildman–Crippen MR) is 71.3 cm³/mol. The van der Waals surface area contributed by atoms with Crippen LogP contribution in [0.4, 0.5) is 7.77 Å². The first kappa shape index (κ1) is 14.2. The Morgan fingerprint density at radius 2 is 1.48 bits per heavy atom. The summed E-state index contributed by atoms with van der Waals surface area (Å²) < 4.78 is 71.6. The van der Waals surface area contributed by atoms with Gasteiger partial charge in [0.2, 0.25) is 0 Å². The maximum Gasteiger partial charge on any atom is 0.333 e. The first-order valence-electron chi connectivity index (χ1n) is 5.83. The average Bonchev–Trinajstić information content (AvgIpc) is 2.73. The predicted octanol–water partition coefficient (Wildman–Crippen LogP) is 2.57. The molecule has 0 atom stereocenters. The van der Waals surface area contributed by atoms with E-state index in [-0.39, 0.29) is 12.0 Å². The van der Waals surface area contributed by atoms with Crippen LogP contribution in [0.2, 0.25) is 0 Å². The Morgan fingerprint density at radius 3 is 2.10 bits per heavy atom. The van der Waals surface area contributed by atoms with E-state index in [9.17, 15) is 24.6 Å². The van der Waals surface area contributed by atoms with Crippen LogP contribution in [-0.2, 0) is 26.9 Å². The van der Waals surface area contributed by atoms with E-state index in [0.29, 0.717) is 11.1 Å². The molecule has 110 valence electrons. The third-order valence-electron chi connectivity index (χ3n) is 3.41. The number of halogens is 2. The lowest BCUT2D eigenvalue weighted by atomic mass is 10.1. The fourth-order valence-electron chi connectivity index (χ4n) is 2.62. The number of rotatable bonds is 2. The normalized spacial score (nSPS) is 13.8. The standard InChI is InChI=1S/C13H8F2O4S2/c14-20(16,17)12-6-5-10-9-4-2-1-3-8(9)7-11(10)13(12)21(15,18)19/h1-6H,7H2. The molecule has 0 amide bonds. The van der Waals surface area contributed by atoms with Crippen LogP contribution in [0.5, 0.6) is 0 Å². The largest absolute Gasteiger partial charge is 0.333 e. The zero-order chi connectivity index (χ0) is 15.4. The summed E-state index contributed by atoms with van der Waals surface area (Å²) in [5.74, 6) is 0. The van der Waals surface area contributed by atoms with Gasteiger partial charge in [0, 0.05) is 6.42 Å². The van der Waals surface area contributed by atoms with Crippen molar-refractivity contribution in [1.82, 2.24) is 0 Å². The van der Waals surface area contributed by atoms with Crippen LogP contribution in [0.15, 0.2) is 46.2 Å². The van der Waals surface area contributed by atoms with Crippen LogP contribution in [0.25, 0.3) is 11.1 Å². The molecule has 2 aromatic rings. The van der Waals surface area contributed by atoms with E-state index in [4.69, 9.17) is 0 Å². The highest BCUT2D eigenvalue weighted by molar-refractivity contribution is 7.89. The number of hydrogen-bond acceptors (Lipinski definition) is 4. The highest BCUT2D eigenvalue weighted by Crippen LogP contribution is 2.42. The summed E-state index contributed by atoms with van der Waals surface area (Å²) in [6, 6.07) is 8.94. The topological polar surface area (TPSA) is 68.3 Å². The van der Waals surface area contributed by atoms with Gasteiger partial charge in [-0.25, -0.2) is 0 Å². The molecular formula is C13H8F2O4S2. The van der Waals surface area contributed by atoms with Crippen molar-refractivity contribution in [1.29, 1.82) is 0 Å². The third kappa shape index (κ3) is 2.24. The molecule has 1 aliphatic carbocycles. The van der Waals surface area contributed by atoms with Crippen LogP contribution in [0.3, 0.4) is 0 Å². The van der Waals surface area contributed by atoms with Gasteiger partial charge in [-0.05, 0) is 28.3 Å². The molecule has 2 aromatic carbocycles. The molecule has 4 nitrogen and oxygen atoms in total. The quantitative estimate of drug-likeness (QED) is 0.677. The summed E-state index contributed by atoms with van der Waals surface area (Å²) in [7, 11) is -10.7. The summed E-state index contributed by atoms with van der Waals surface area (Å²) in [5.41, 5.74) is 1.78. The molecule has 0 aliphatic heterocycles. The van der Waals surface area contributed by atoms with E-state index < -0.39 is 30.2 Å². The first-order chi connectivity index (χ1) is 9.69.